The summed E-state index contributed by atoms with van der Waals surface area (Å²) in [4.78, 5) is 13.2. The Hall–Kier alpha value is -1.51. The molecule has 0 aliphatic rings. The molecule has 0 aliphatic carbocycles. The molecule has 0 spiro atoms. The highest BCUT2D eigenvalue weighted by molar-refractivity contribution is 5.73. The highest BCUT2D eigenvalue weighted by Crippen LogP contribution is 2.23. The topological polar surface area (TPSA) is 40.5 Å². The standard InChI is InChI=1S/C16H25NO2/c1-12(2)13-6-8-14(9-7-13)17(5)11-10-16(3,4)15(18)19/h6-9,12H,10-11H2,1-5H3,(H,18,19). The summed E-state index contributed by atoms with van der Waals surface area (Å²) < 4.78 is 0. The number of carbonyl (C=O) groups is 1. The van der Waals surface area contributed by atoms with E-state index in [0.29, 0.717) is 12.3 Å². The lowest BCUT2D eigenvalue weighted by Gasteiger charge is -2.25. The molecular formula is C16H25NO2. The monoisotopic (exact) mass is 263 g/mol. The van der Waals surface area contributed by atoms with Gasteiger partial charge < -0.3 is 10.0 Å². The molecule has 0 saturated heterocycles. The van der Waals surface area contributed by atoms with E-state index in [1.807, 2.05) is 7.05 Å². The summed E-state index contributed by atoms with van der Waals surface area (Å²) in [6.07, 6.45) is 0.630. The van der Waals surface area contributed by atoms with Crippen LogP contribution in [0.4, 0.5) is 5.69 Å². The summed E-state index contributed by atoms with van der Waals surface area (Å²) in [5.74, 6) is -0.207. The largest absolute Gasteiger partial charge is 0.481 e. The Balaban J connectivity index is 2.63. The van der Waals surface area contributed by atoms with Crippen molar-refractivity contribution in [1.82, 2.24) is 0 Å². The maximum atomic E-state index is 11.1. The van der Waals surface area contributed by atoms with Gasteiger partial charge in [0.15, 0.2) is 0 Å². The Morgan fingerprint density at radius 1 is 1.26 bits per heavy atom. The zero-order valence-electron chi connectivity index (χ0n) is 12.6. The maximum Gasteiger partial charge on any atom is 0.309 e. The molecular weight excluding hydrogens is 238 g/mol. The highest BCUT2D eigenvalue weighted by Gasteiger charge is 2.26. The zero-order valence-corrected chi connectivity index (χ0v) is 12.6. The Kier molecular flexibility index (Phi) is 4.98. The van der Waals surface area contributed by atoms with Crippen molar-refractivity contribution >= 4 is 11.7 Å². The molecule has 0 unspecified atom stereocenters. The zero-order chi connectivity index (χ0) is 14.6. The number of anilines is 1. The van der Waals surface area contributed by atoms with E-state index < -0.39 is 11.4 Å². The van der Waals surface area contributed by atoms with E-state index in [1.54, 1.807) is 13.8 Å². The minimum atomic E-state index is -0.740. The molecule has 0 fully saturated rings. The molecule has 19 heavy (non-hydrogen) atoms. The molecule has 106 valence electrons. The van der Waals surface area contributed by atoms with Gasteiger partial charge in [0, 0.05) is 19.3 Å². The molecule has 1 aromatic rings. The summed E-state index contributed by atoms with van der Waals surface area (Å²) in [5.41, 5.74) is 1.78. The van der Waals surface area contributed by atoms with Gasteiger partial charge in [0.25, 0.3) is 0 Å². The van der Waals surface area contributed by atoms with Gasteiger partial charge in [-0.15, -0.1) is 0 Å². The van der Waals surface area contributed by atoms with Crippen LogP contribution in [-0.4, -0.2) is 24.7 Å². The Labute approximate surface area is 116 Å². The molecule has 0 aromatic heterocycles. The number of benzene rings is 1. The Morgan fingerprint density at radius 3 is 2.21 bits per heavy atom. The van der Waals surface area contributed by atoms with Crippen LogP contribution >= 0.6 is 0 Å². The predicted octanol–water partition coefficient (Wildman–Crippen LogP) is 3.75. The molecule has 3 heteroatoms. The molecule has 0 bridgehead atoms. The summed E-state index contributed by atoms with van der Waals surface area (Å²) in [6.45, 7) is 8.62. The van der Waals surface area contributed by atoms with E-state index in [0.717, 1.165) is 12.2 Å². The van der Waals surface area contributed by atoms with E-state index in [4.69, 9.17) is 5.11 Å². The van der Waals surface area contributed by atoms with Crippen molar-refractivity contribution in [2.75, 3.05) is 18.5 Å². The van der Waals surface area contributed by atoms with E-state index in [1.165, 1.54) is 5.56 Å². The first kappa shape index (κ1) is 15.5. The van der Waals surface area contributed by atoms with Gasteiger partial charge in [-0.05, 0) is 43.9 Å². The summed E-state index contributed by atoms with van der Waals surface area (Å²) in [6, 6.07) is 8.48. The number of nitrogens with zero attached hydrogens (tertiary/aromatic N) is 1. The van der Waals surface area contributed by atoms with Crippen molar-refractivity contribution < 1.29 is 9.90 Å². The van der Waals surface area contributed by atoms with Crippen molar-refractivity contribution in [3.63, 3.8) is 0 Å². The van der Waals surface area contributed by atoms with Gasteiger partial charge in [-0.1, -0.05) is 26.0 Å². The lowest BCUT2D eigenvalue weighted by atomic mass is 9.89. The summed E-state index contributed by atoms with van der Waals surface area (Å²) >= 11 is 0. The summed E-state index contributed by atoms with van der Waals surface area (Å²) in [7, 11) is 2.00. The van der Waals surface area contributed by atoms with Gasteiger partial charge in [-0.25, -0.2) is 0 Å². The van der Waals surface area contributed by atoms with Crippen molar-refractivity contribution in [2.24, 2.45) is 5.41 Å². The first-order chi connectivity index (χ1) is 8.74. The van der Waals surface area contributed by atoms with E-state index in [-0.39, 0.29) is 0 Å². The van der Waals surface area contributed by atoms with Crippen molar-refractivity contribution in [3.8, 4) is 0 Å². The first-order valence-corrected chi connectivity index (χ1v) is 6.78. The normalized spacial score (nSPS) is 11.7. The second-order valence-corrected chi connectivity index (χ2v) is 6.11. The number of carboxylic acids is 1. The van der Waals surface area contributed by atoms with E-state index in [9.17, 15) is 4.79 Å². The molecule has 1 N–H and O–H groups in total. The maximum absolute atomic E-state index is 11.1. The minimum Gasteiger partial charge on any atom is -0.481 e. The molecule has 0 amide bonds. The summed E-state index contributed by atoms with van der Waals surface area (Å²) in [5, 5.41) is 9.10. The van der Waals surface area contributed by atoms with Crippen molar-refractivity contribution in [2.45, 2.75) is 40.0 Å². The third-order valence-corrected chi connectivity index (χ3v) is 3.65. The van der Waals surface area contributed by atoms with Gasteiger partial charge in [0.2, 0.25) is 0 Å². The van der Waals surface area contributed by atoms with Crippen LogP contribution in [0.3, 0.4) is 0 Å². The Morgan fingerprint density at radius 2 is 1.79 bits per heavy atom. The second-order valence-electron chi connectivity index (χ2n) is 6.11. The smallest absolute Gasteiger partial charge is 0.309 e. The highest BCUT2D eigenvalue weighted by atomic mass is 16.4. The molecule has 0 heterocycles. The SMILES string of the molecule is CC(C)c1ccc(N(C)CCC(C)(C)C(=O)O)cc1. The van der Waals surface area contributed by atoms with Crippen LogP contribution in [0, 0.1) is 5.41 Å². The van der Waals surface area contributed by atoms with Crippen LogP contribution in [0.25, 0.3) is 0 Å². The third-order valence-electron chi connectivity index (χ3n) is 3.65. The first-order valence-electron chi connectivity index (χ1n) is 6.78. The van der Waals surface area contributed by atoms with Crippen LogP contribution < -0.4 is 4.90 Å². The molecule has 1 rings (SSSR count). The fourth-order valence-electron chi connectivity index (χ4n) is 1.80. The molecule has 0 radical (unpaired) electrons. The number of rotatable bonds is 6. The van der Waals surface area contributed by atoms with Crippen LogP contribution in [0.2, 0.25) is 0 Å². The van der Waals surface area contributed by atoms with Crippen molar-refractivity contribution in [3.05, 3.63) is 29.8 Å². The number of hydrogen-bond acceptors (Lipinski definition) is 2. The number of hydrogen-bond donors (Lipinski definition) is 1. The van der Waals surface area contributed by atoms with Gasteiger partial charge in [-0.2, -0.15) is 0 Å². The lowest BCUT2D eigenvalue weighted by Crippen LogP contribution is -2.30. The molecule has 0 atom stereocenters. The predicted molar refractivity (Wildman–Crippen MR) is 79.8 cm³/mol. The molecule has 3 nitrogen and oxygen atoms in total. The fraction of sp³-hybridized carbons (Fsp3) is 0.562. The van der Waals surface area contributed by atoms with Gasteiger partial charge >= 0.3 is 5.97 Å². The Bertz CT molecular complexity index is 421. The van der Waals surface area contributed by atoms with Crippen LogP contribution in [0.1, 0.15) is 45.6 Å². The molecule has 0 saturated carbocycles. The number of aliphatic carboxylic acids is 1. The third kappa shape index (κ3) is 4.27. The van der Waals surface area contributed by atoms with E-state index >= 15 is 0 Å². The lowest BCUT2D eigenvalue weighted by molar-refractivity contribution is -0.147. The van der Waals surface area contributed by atoms with Crippen LogP contribution in [0.15, 0.2) is 24.3 Å². The molecule has 1 aromatic carbocycles. The van der Waals surface area contributed by atoms with Gasteiger partial charge in [0.1, 0.15) is 0 Å². The van der Waals surface area contributed by atoms with E-state index in [2.05, 4.69) is 43.0 Å². The van der Waals surface area contributed by atoms with Crippen LogP contribution in [-0.2, 0) is 4.79 Å². The average molecular weight is 263 g/mol. The molecule has 0 aliphatic heterocycles. The fourth-order valence-corrected chi connectivity index (χ4v) is 1.80. The van der Waals surface area contributed by atoms with Gasteiger partial charge in [-0.3, -0.25) is 4.79 Å². The van der Waals surface area contributed by atoms with Gasteiger partial charge in [0.05, 0.1) is 5.41 Å². The van der Waals surface area contributed by atoms with Crippen LogP contribution in [0.5, 0.6) is 0 Å². The average Bonchev–Trinajstić information content (AvgIpc) is 2.36. The van der Waals surface area contributed by atoms with Crippen molar-refractivity contribution in [1.29, 1.82) is 0 Å². The minimum absolute atomic E-state index is 0.533. The number of carboxylic acid groups (broad SMARTS) is 1. The quantitative estimate of drug-likeness (QED) is 0.849. The second kappa shape index (κ2) is 6.09.